The molecule has 0 aliphatic carbocycles. The fourth-order valence-electron chi connectivity index (χ4n) is 3.52. The number of piperidine rings is 1. The van der Waals surface area contributed by atoms with Crippen LogP contribution in [-0.2, 0) is 11.2 Å². The lowest BCUT2D eigenvalue weighted by molar-refractivity contribution is -0.125. The molecule has 25 heavy (non-hydrogen) atoms. The highest BCUT2D eigenvalue weighted by Gasteiger charge is 2.28. The lowest BCUT2D eigenvalue weighted by Crippen LogP contribution is -2.43. The van der Waals surface area contributed by atoms with Gasteiger partial charge in [-0.25, -0.2) is 9.97 Å². The van der Waals surface area contributed by atoms with Crippen molar-refractivity contribution in [2.45, 2.75) is 25.4 Å². The number of aromatic nitrogens is 2. The Morgan fingerprint density at radius 2 is 1.92 bits per heavy atom. The molecular weight excluding hydrogens is 316 g/mol. The topological polar surface area (TPSA) is 67.3 Å². The van der Waals surface area contributed by atoms with Gasteiger partial charge >= 0.3 is 0 Å². The third-order valence-electron chi connectivity index (χ3n) is 4.92. The SMILES string of the molecule is O=C(NC[C@@H]1Cc2ccccc2O1)C1CCN(c2ncccn2)CC1. The summed E-state index contributed by atoms with van der Waals surface area (Å²) >= 11 is 0. The molecule has 0 radical (unpaired) electrons. The molecule has 1 aromatic carbocycles. The second-order valence-electron chi connectivity index (χ2n) is 6.61. The van der Waals surface area contributed by atoms with E-state index in [1.54, 1.807) is 12.4 Å². The summed E-state index contributed by atoms with van der Waals surface area (Å²) in [6, 6.07) is 9.88. The van der Waals surface area contributed by atoms with Gasteiger partial charge in [0.05, 0.1) is 6.54 Å². The van der Waals surface area contributed by atoms with Crippen LogP contribution < -0.4 is 15.0 Å². The summed E-state index contributed by atoms with van der Waals surface area (Å²) in [6.45, 7) is 2.19. The van der Waals surface area contributed by atoms with Crippen LogP contribution in [-0.4, -0.2) is 41.6 Å². The van der Waals surface area contributed by atoms with E-state index in [4.69, 9.17) is 4.74 Å². The maximum atomic E-state index is 12.5. The molecule has 2 aliphatic rings. The Bertz CT molecular complexity index is 704. The first-order valence-electron chi connectivity index (χ1n) is 8.84. The number of nitrogens with zero attached hydrogens (tertiary/aromatic N) is 3. The Labute approximate surface area is 147 Å². The predicted molar refractivity (Wildman–Crippen MR) is 94.5 cm³/mol. The minimum absolute atomic E-state index is 0.0409. The molecule has 2 aliphatic heterocycles. The zero-order chi connectivity index (χ0) is 17.1. The Balaban J connectivity index is 1.24. The number of carbonyl (C=O) groups is 1. The van der Waals surface area contributed by atoms with E-state index in [0.717, 1.165) is 44.0 Å². The number of rotatable bonds is 4. The van der Waals surface area contributed by atoms with Crippen LogP contribution in [0.25, 0.3) is 0 Å². The van der Waals surface area contributed by atoms with Crippen molar-refractivity contribution in [3.8, 4) is 5.75 Å². The van der Waals surface area contributed by atoms with Crippen molar-refractivity contribution in [1.82, 2.24) is 15.3 Å². The fraction of sp³-hybridized carbons (Fsp3) is 0.421. The Kier molecular flexibility index (Phi) is 4.50. The lowest BCUT2D eigenvalue weighted by Gasteiger charge is -2.31. The van der Waals surface area contributed by atoms with Crippen molar-refractivity contribution in [2.24, 2.45) is 5.92 Å². The number of nitrogens with one attached hydrogen (secondary N) is 1. The molecule has 1 fully saturated rings. The van der Waals surface area contributed by atoms with Crippen LogP contribution in [0.15, 0.2) is 42.7 Å². The van der Waals surface area contributed by atoms with Gasteiger partial charge in [0.15, 0.2) is 0 Å². The van der Waals surface area contributed by atoms with Gasteiger partial charge in [0, 0.05) is 37.8 Å². The molecule has 1 aromatic heterocycles. The number of fused-ring (bicyclic) bond motifs is 1. The molecule has 6 heteroatoms. The summed E-state index contributed by atoms with van der Waals surface area (Å²) in [4.78, 5) is 23.2. The molecule has 0 spiro atoms. The molecule has 1 atom stereocenters. The monoisotopic (exact) mass is 338 g/mol. The van der Waals surface area contributed by atoms with Crippen LogP contribution in [0, 0.1) is 5.92 Å². The summed E-state index contributed by atoms with van der Waals surface area (Å²) in [7, 11) is 0. The van der Waals surface area contributed by atoms with Gasteiger partial charge in [-0.3, -0.25) is 4.79 Å². The minimum atomic E-state index is 0.0409. The Hall–Kier alpha value is -2.63. The third-order valence-corrected chi connectivity index (χ3v) is 4.92. The average molecular weight is 338 g/mol. The first-order chi connectivity index (χ1) is 12.3. The van der Waals surface area contributed by atoms with Gasteiger partial charge in [-0.1, -0.05) is 18.2 Å². The number of hydrogen-bond donors (Lipinski definition) is 1. The highest BCUT2D eigenvalue weighted by molar-refractivity contribution is 5.79. The molecule has 1 amide bonds. The molecule has 4 rings (SSSR count). The molecule has 1 N–H and O–H groups in total. The molecule has 0 bridgehead atoms. The molecule has 1 saturated heterocycles. The van der Waals surface area contributed by atoms with Crippen molar-refractivity contribution in [2.75, 3.05) is 24.5 Å². The number of amides is 1. The quantitative estimate of drug-likeness (QED) is 0.921. The predicted octanol–water partition coefficient (Wildman–Crippen LogP) is 1.81. The number of ether oxygens (including phenoxy) is 1. The van der Waals surface area contributed by atoms with Crippen molar-refractivity contribution in [3.05, 3.63) is 48.3 Å². The first-order valence-corrected chi connectivity index (χ1v) is 8.84. The molecule has 130 valence electrons. The molecule has 6 nitrogen and oxygen atoms in total. The van der Waals surface area contributed by atoms with Gasteiger partial charge in [0.2, 0.25) is 11.9 Å². The van der Waals surface area contributed by atoms with E-state index in [1.807, 2.05) is 24.3 Å². The maximum Gasteiger partial charge on any atom is 0.225 e. The molecule has 0 saturated carbocycles. The van der Waals surface area contributed by atoms with Crippen molar-refractivity contribution in [1.29, 1.82) is 0 Å². The van der Waals surface area contributed by atoms with E-state index < -0.39 is 0 Å². The summed E-state index contributed by atoms with van der Waals surface area (Å²) in [5.74, 6) is 1.88. The van der Waals surface area contributed by atoms with Crippen LogP contribution in [0.1, 0.15) is 18.4 Å². The fourth-order valence-corrected chi connectivity index (χ4v) is 3.52. The summed E-state index contributed by atoms with van der Waals surface area (Å²) in [6.07, 6.45) is 6.06. The van der Waals surface area contributed by atoms with Crippen LogP contribution in [0.5, 0.6) is 5.75 Å². The van der Waals surface area contributed by atoms with Gasteiger partial charge in [0.25, 0.3) is 0 Å². The van der Waals surface area contributed by atoms with E-state index in [0.29, 0.717) is 6.54 Å². The number of para-hydroxylation sites is 1. The van der Waals surface area contributed by atoms with E-state index in [9.17, 15) is 4.79 Å². The lowest BCUT2D eigenvalue weighted by atomic mass is 9.96. The Morgan fingerprint density at radius 1 is 1.16 bits per heavy atom. The van der Waals surface area contributed by atoms with Gasteiger partial charge in [0.1, 0.15) is 11.9 Å². The van der Waals surface area contributed by atoms with Crippen LogP contribution in [0.2, 0.25) is 0 Å². The number of carbonyl (C=O) groups excluding carboxylic acids is 1. The van der Waals surface area contributed by atoms with Gasteiger partial charge in [-0.05, 0) is 30.5 Å². The van der Waals surface area contributed by atoms with Crippen LogP contribution in [0.4, 0.5) is 5.95 Å². The summed E-state index contributed by atoms with van der Waals surface area (Å²) in [5.41, 5.74) is 1.22. The zero-order valence-corrected chi connectivity index (χ0v) is 14.1. The van der Waals surface area contributed by atoms with E-state index in [1.165, 1.54) is 5.56 Å². The minimum Gasteiger partial charge on any atom is -0.488 e. The molecular formula is C19H22N4O2. The second kappa shape index (κ2) is 7.09. The van der Waals surface area contributed by atoms with Crippen molar-refractivity contribution < 1.29 is 9.53 Å². The summed E-state index contributed by atoms with van der Waals surface area (Å²) < 4.78 is 5.88. The van der Waals surface area contributed by atoms with E-state index in [2.05, 4.69) is 26.3 Å². The molecule has 3 heterocycles. The Morgan fingerprint density at radius 3 is 2.68 bits per heavy atom. The second-order valence-corrected chi connectivity index (χ2v) is 6.61. The van der Waals surface area contributed by atoms with Crippen molar-refractivity contribution in [3.63, 3.8) is 0 Å². The largest absolute Gasteiger partial charge is 0.488 e. The molecule has 2 aromatic rings. The summed E-state index contributed by atoms with van der Waals surface area (Å²) in [5, 5.41) is 3.07. The maximum absolute atomic E-state index is 12.5. The highest BCUT2D eigenvalue weighted by atomic mass is 16.5. The standard InChI is InChI=1S/C19H22N4O2/c24-18(22-13-16-12-15-4-1-2-5-17(15)25-16)14-6-10-23(11-7-14)19-20-8-3-9-21-19/h1-5,8-9,14,16H,6-7,10-13H2,(H,22,24)/t16-/m0/s1. The van der Waals surface area contributed by atoms with E-state index >= 15 is 0 Å². The van der Waals surface area contributed by atoms with Gasteiger partial charge < -0.3 is 15.0 Å². The highest BCUT2D eigenvalue weighted by Crippen LogP contribution is 2.28. The van der Waals surface area contributed by atoms with E-state index in [-0.39, 0.29) is 17.9 Å². The number of benzene rings is 1. The van der Waals surface area contributed by atoms with Gasteiger partial charge in [-0.2, -0.15) is 0 Å². The normalized spacial score (nSPS) is 20.0. The first kappa shape index (κ1) is 15.9. The van der Waals surface area contributed by atoms with Crippen LogP contribution >= 0.6 is 0 Å². The molecule has 0 unspecified atom stereocenters. The zero-order valence-electron chi connectivity index (χ0n) is 14.1. The third kappa shape index (κ3) is 3.57. The van der Waals surface area contributed by atoms with Crippen LogP contribution in [0.3, 0.4) is 0 Å². The van der Waals surface area contributed by atoms with Crippen molar-refractivity contribution >= 4 is 11.9 Å². The smallest absolute Gasteiger partial charge is 0.225 e. The average Bonchev–Trinajstić information content (AvgIpc) is 3.10. The number of hydrogen-bond acceptors (Lipinski definition) is 5. The van der Waals surface area contributed by atoms with Gasteiger partial charge in [-0.15, -0.1) is 0 Å². The number of anilines is 1.